The Bertz CT molecular complexity index is 249. The first-order valence-corrected chi connectivity index (χ1v) is 7.74. The molecule has 0 aromatic carbocycles. The van der Waals surface area contributed by atoms with Crippen LogP contribution in [-0.4, -0.2) is 11.1 Å². The van der Waals surface area contributed by atoms with E-state index in [1.807, 2.05) is 0 Å². The van der Waals surface area contributed by atoms with E-state index in [1.165, 1.54) is 32.1 Å². The first-order valence-electron chi connectivity index (χ1n) is 7.74. The highest BCUT2D eigenvalue weighted by Gasteiger charge is 2.24. The molecule has 0 saturated heterocycles. The Kier molecular flexibility index (Phi) is 6.73. The zero-order valence-corrected chi connectivity index (χ0v) is 12.3. The van der Waals surface area contributed by atoms with Gasteiger partial charge in [0.1, 0.15) is 0 Å². The fourth-order valence-electron chi connectivity index (χ4n) is 3.47. The zero-order chi connectivity index (χ0) is 13.5. The minimum Gasteiger partial charge on any atom is -0.481 e. The highest BCUT2D eigenvalue weighted by Crippen LogP contribution is 2.34. The molecule has 1 rings (SSSR count). The molecule has 1 saturated carbocycles. The highest BCUT2D eigenvalue weighted by molar-refractivity contribution is 5.67. The van der Waals surface area contributed by atoms with Crippen LogP contribution in [0, 0.1) is 23.7 Å². The summed E-state index contributed by atoms with van der Waals surface area (Å²) < 4.78 is 0. The maximum atomic E-state index is 11.0. The average Bonchev–Trinajstić information content (AvgIpc) is 2.31. The minimum absolute atomic E-state index is 0.371. The summed E-state index contributed by atoms with van der Waals surface area (Å²) in [6, 6.07) is 0. The average molecular weight is 254 g/mol. The molecule has 1 N–H and O–H groups in total. The topological polar surface area (TPSA) is 37.3 Å². The lowest BCUT2D eigenvalue weighted by atomic mass is 9.76. The van der Waals surface area contributed by atoms with Crippen LogP contribution in [0.5, 0.6) is 0 Å². The molecule has 106 valence electrons. The van der Waals surface area contributed by atoms with Crippen molar-refractivity contribution in [2.45, 2.75) is 72.1 Å². The Morgan fingerprint density at radius 1 is 1.17 bits per heavy atom. The lowest BCUT2D eigenvalue weighted by Gasteiger charge is -2.29. The summed E-state index contributed by atoms with van der Waals surface area (Å²) in [5, 5.41) is 9.04. The monoisotopic (exact) mass is 254 g/mol. The molecule has 0 unspecified atom stereocenters. The van der Waals surface area contributed by atoms with E-state index in [1.54, 1.807) is 0 Å². The first kappa shape index (κ1) is 15.5. The van der Waals surface area contributed by atoms with Crippen LogP contribution in [0.15, 0.2) is 0 Å². The standard InChI is InChI=1S/C16H30O2/c1-4-15-10-14(11-16(17)18)9-8-12(2)6-5-7-13(15)3/h12-15H,4-11H2,1-3H3,(H,17,18)/t12-,13+,14-,15+/m1/s1. The first-order chi connectivity index (χ1) is 8.52. The number of hydrogen-bond donors (Lipinski definition) is 1. The Hall–Kier alpha value is -0.530. The molecular formula is C16H30O2. The molecule has 1 aliphatic rings. The summed E-state index contributed by atoms with van der Waals surface area (Å²) in [5.41, 5.74) is 0. The second-order valence-corrected chi connectivity index (χ2v) is 6.46. The summed E-state index contributed by atoms with van der Waals surface area (Å²) in [7, 11) is 0. The maximum absolute atomic E-state index is 11.0. The van der Waals surface area contributed by atoms with Gasteiger partial charge in [-0.3, -0.25) is 4.79 Å². The second kappa shape index (κ2) is 7.81. The van der Waals surface area contributed by atoms with Crippen molar-refractivity contribution < 1.29 is 9.90 Å². The summed E-state index contributed by atoms with van der Waals surface area (Å²) in [5.74, 6) is 2.04. The lowest BCUT2D eigenvalue weighted by molar-refractivity contribution is -0.138. The van der Waals surface area contributed by atoms with Gasteiger partial charge in [-0.2, -0.15) is 0 Å². The van der Waals surface area contributed by atoms with Crippen LogP contribution in [-0.2, 0) is 4.79 Å². The fourth-order valence-corrected chi connectivity index (χ4v) is 3.47. The van der Waals surface area contributed by atoms with Crippen LogP contribution in [0.3, 0.4) is 0 Å². The molecule has 1 fully saturated rings. The van der Waals surface area contributed by atoms with Crippen LogP contribution in [0.1, 0.15) is 72.1 Å². The third-order valence-electron chi connectivity index (χ3n) is 4.85. The smallest absolute Gasteiger partial charge is 0.303 e. The number of carboxylic acid groups (broad SMARTS) is 1. The predicted octanol–water partition coefficient (Wildman–Crippen LogP) is 4.73. The zero-order valence-electron chi connectivity index (χ0n) is 12.3. The van der Waals surface area contributed by atoms with Gasteiger partial charge in [0.05, 0.1) is 0 Å². The molecule has 0 spiro atoms. The van der Waals surface area contributed by atoms with Crippen LogP contribution in [0.2, 0.25) is 0 Å². The van der Waals surface area contributed by atoms with Gasteiger partial charge in [0.2, 0.25) is 0 Å². The van der Waals surface area contributed by atoms with Gasteiger partial charge in [0, 0.05) is 6.42 Å². The fraction of sp³-hybridized carbons (Fsp3) is 0.938. The largest absolute Gasteiger partial charge is 0.481 e. The number of carbonyl (C=O) groups is 1. The SMILES string of the molecule is CC[C@H]1C[C@H](CC(=O)O)CC[C@H](C)CCC[C@@H]1C. The Balaban J connectivity index is 2.64. The van der Waals surface area contributed by atoms with Crippen molar-refractivity contribution in [2.24, 2.45) is 23.7 Å². The third kappa shape index (κ3) is 5.41. The summed E-state index contributed by atoms with van der Waals surface area (Å²) in [6.45, 7) is 6.94. The summed E-state index contributed by atoms with van der Waals surface area (Å²) in [4.78, 5) is 11.0. The number of rotatable bonds is 3. The molecule has 18 heavy (non-hydrogen) atoms. The van der Waals surface area contributed by atoms with Gasteiger partial charge in [-0.15, -0.1) is 0 Å². The van der Waals surface area contributed by atoms with E-state index in [2.05, 4.69) is 20.8 Å². The van der Waals surface area contributed by atoms with Crippen molar-refractivity contribution in [3.63, 3.8) is 0 Å². The van der Waals surface area contributed by atoms with E-state index in [9.17, 15) is 4.79 Å². The molecule has 4 atom stereocenters. The van der Waals surface area contributed by atoms with Gasteiger partial charge in [0.15, 0.2) is 0 Å². The molecule has 0 amide bonds. The lowest BCUT2D eigenvalue weighted by Crippen LogP contribution is -2.20. The van der Waals surface area contributed by atoms with Crippen LogP contribution in [0.25, 0.3) is 0 Å². The summed E-state index contributed by atoms with van der Waals surface area (Å²) >= 11 is 0. The summed E-state index contributed by atoms with van der Waals surface area (Å²) in [6.07, 6.45) is 9.00. The molecule has 2 nitrogen and oxygen atoms in total. The van der Waals surface area contributed by atoms with Crippen molar-refractivity contribution in [2.75, 3.05) is 0 Å². The van der Waals surface area contributed by atoms with Crippen molar-refractivity contribution in [1.82, 2.24) is 0 Å². The van der Waals surface area contributed by atoms with Crippen LogP contribution < -0.4 is 0 Å². The van der Waals surface area contributed by atoms with Gasteiger partial charge in [-0.25, -0.2) is 0 Å². The predicted molar refractivity (Wildman–Crippen MR) is 75.6 cm³/mol. The van der Waals surface area contributed by atoms with Crippen molar-refractivity contribution >= 4 is 5.97 Å². The second-order valence-electron chi connectivity index (χ2n) is 6.46. The molecule has 0 radical (unpaired) electrons. The van der Waals surface area contributed by atoms with Gasteiger partial charge < -0.3 is 5.11 Å². The van der Waals surface area contributed by atoms with E-state index in [0.29, 0.717) is 12.3 Å². The number of carboxylic acids is 1. The number of hydrogen-bond acceptors (Lipinski definition) is 1. The van der Waals surface area contributed by atoms with Gasteiger partial charge in [0.25, 0.3) is 0 Å². The van der Waals surface area contributed by atoms with E-state index in [4.69, 9.17) is 5.11 Å². The molecule has 0 aliphatic heterocycles. The number of aliphatic carboxylic acids is 1. The Morgan fingerprint density at radius 3 is 2.50 bits per heavy atom. The Morgan fingerprint density at radius 2 is 1.89 bits per heavy atom. The molecular weight excluding hydrogens is 224 g/mol. The van der Waals surface area contributed by atoms with Crippen molar-refractivity contribution in [1.29, 1.82) is 0 Å². The normalized spacial score (nSPS) is 35.1. The van der Waals surface area contributed by atoms with Gasteiger partial charge in [-0.1, -0.05) is 52.9 Å². The van der Waals surface area contributed by atoms with Gasteiger partial charge in [-0.05, 0) is 36.5 Å². The van der Waals surface area contributed by atoms with Crippen LogP contribution >= 0.6 is 0 Å². The highest BCUT2D eigenvalue weighted by atomic mass is 16.4. The van der Waals surface area contributed by atoms with E-state index < -0.39 is 5.97 Å². The third-order valence-corrected chi connectivity index (χ3v) is 4.85. The maximum Gasteiger partial charge on any atom is 0.303 e. The Labute approximate surface area is 112 Å². The molecule has 0 heterocycles. The van der Waals surface area contributed by atoms with Crippen LogP contribution in [0.4, 0.5) is 0 Å². The van der Waals surface area contributed by atoms with E-state index in [0.717, 1.165) is 30.6 Å². The molecule has 1 aliphatic carbocycles. The van der Waals surface area contributed by atoms with E-state index in [-0.39, 0.29) is 0 Å². The molecule has 0 aromatic rings. The minimum atomic E-state index is -0.618. The van der Waals surface area contributed by atoms with E-state index >= 15 is 0 Å². The quantitative estimate of drug-likeness (QED) is 0.790. The molecule has 2 heteroatoms. The molecule has 0 aromatic heterocycles. The van der Waals surface area contributed by atoms with Crippen molar-refractivity contribution in [3.05, 3.63) is 0 Å². The molecule has 0 bridgehead atoms. The van der Waals surface area contributed by atoms with Crippen molar-refractivity contribution in [3.8, 4) is 0 Å². The van der Waals surface area contributed by atoms with Gasteiger partial charge >= 0.3 is 5.97 Å².